The van der Waals surface area contributed by atoms with Crippen molar-refractivity contribution in [3.63, 3.8) is 0 Å². The molecule has 1 aromatic carbocycles. The Morgan fingerprint density at radius 2 is 2.00 bits per heavy atom. The van der Waals surface area contributed by atoms with Crippen molar-refractivity contribution in [1.29, 1.82) is 0 Å². The fraction of sp³-hybridized carbons (Fsp3) is 0.167. The Morgan fingerprint density at radius 1 is 1.23 bits per heavy atom. The van der Waals surface area contributed by atoms with E-state index >= 15 is 0 Å². The van der Waals surface area contributed by atoms with Crippen molar-refractivity contribution in [3.8, 4) is 0 Å². The van der Waals surface area contributed by atoms with Crippen molar-refractivity contribution in [3.05, 3.63) is 52.0 Å². The van der Waals surface area contributed by atoms with Gasteiger partial charge >= 0.3 is 0 Å². The van der Waals surface area contributed by atoms with Crippen LogP contribution in [-0.2, 0) is 0 Å². The van der Waals surface area contributed by atoms with Crippen LogP contribution in [0.15, 0.2) is 40.9 Å². The number of rotatable bonds is 0. The maximum absolute atomic E-state index is 3.58. The van der Waals surface area contributed by atoms with E-state index in [1.165, 1.54) is 15.6 Å². The third-order valence-corrected chi connectivity index (χ3v) is 3.36. The lowest BCUT2D eigenvalue weighted by atomic mass is 9.97. The second kappa shape index (κ2) is 3.51. The summed E-state index contributed by atoms with van der Waals surface area (Å²) in [5.41, 5.74) is 2.71. The van der Waals surface area contributed by atoms with Crippen molar-refractivity contribution >= 4 is 22.0 Å². The number of allylic oxidation sites excluding steroid dienone is 3. The molecule has 0 aromatic heterocycles. The summed E-state index contributed by atoms with van der Waals surface area (Å²) < 4.78 is 1.24. The zero-order valence-electron chi connectivity index (χ0n) is 7.50. The summed E-state index contributed by atoms with van der Waals surface area (Å²) in [6.07, 6.45) is 6.36. The van der Waals surface area contributed by atoms with Crippen LogP contribution >= 0.6 is 15.9 Å². The van der Waals surface area contributed by atoms with Crippen LogP contribution in [0.1, 0.15) is 24.0 Å². The Kier molecular flexibility index (Phi) is 2.36. The lowest BCUT2D eigenvalue weighted by Crippen LogP contribution is -1.94. The minimum absolute atomic E-state index is 0.464. The quantitative estimate of drug-likeness (QED) is 0.635. The van der Waals surface area contributed by atoms with Crippen LogP contribution in [0.2, 0.25) is 0 Å². The molecular formula is C12H11Br. The first-order valence-electron chi connectivity index (χ1n) is 4.42. The summed E-state index contributed by atoms with van der Waals surface area (Å²) in [6, 6.07) is 8.51. The van der Waals surface area contributed by atoms with Gasteiger partial charge in [-0.3, -0.25) is 0 Å². The molecule has 0 amide bonds. The van der Waals surface area contributed by atoms with Gasteiger partial charge in [-0.15, -0.1) is 0 Å². The molecule has 0 fully saturated rings. The van der Waals surface area contributed by atoms with Gasteiger partial charge in [0, 0.05) is 10.4 Å². The molecule has 0 N–H and O–H groups in total. The summed E-state index contributed by atoms with van der Waals surface area (Å²) in [5.74, 6) is 0.464. The van der Waals surface area contributed by atoms with Crippen molar-refractivity contribution in [2.24, 2.45) is 0 Å². The summed E-state index contributed by atoms with van der Waals surface area (Å²) >= 11 is 3.58. The molecule has 1 heteroatoms. The van der Waals surface area contributed by atoms with Crippen molar-refractivity contribution in [2.75, 3.05) is 0 Å². The Balaban J connectivity index is 2.57. The standard InChI is InChI=1S/C12H11Br/c1-9-11-7-3-2-5-10(11)6-4-8-12(9)13/h2-9H,1H3. The summed E-state index contributed by atoms with van der Waals surface area (Å²) in [4.78, 5) is 0. The monoisotopic (exact) mass is 234 g/mol. The van der Waals surface area contributed by atoms with Crippen LogP contribution < -0.4 is 0 Å². The van der Waals surface area contributed by atoms with Gasteiger partial charge in [-0.05, 0) is 11.1 Å². The summed E-state index contributed by atoms with van der Waals surface area (Å²) in [5, 5.41) is 0. The van der Waals surface area contributed by atoms with Gasteiger partial charge < -0.3 is 0 Å². The van der Waals surface area contributed by atoms with Crippen LogP contribution in [0, 0.1) is 0 Å². The molecular weight excluding hydrogens is 224 g/mol. The van der Waals surface area contributed by atoms with Crippen LogP contribution in [0.3, 0.4) is 0 Å². The first kappa shape index (κ1) is 8.76. The van der Waals surface area contributed by atoms with Gasteiger partial charge in [0.2, 0.25) is 0 Å². The Bertz CT molecular complexity index is 374. The first-order valence-corrected chi connectivity index (χ1v) is 5.21. The van der Waals surface area contributed by atoms with E-state index in [1.54, 1.807) is 0 Å². The molecule has 0 nitrogen and oxygen atoms in total. The molecule has 13 heavy (non-hydrogen) atoms. The summed E-state index contributed by atoms with van der Waals surface area (Å²) in [6.45, 7) is 2.21. The summed E-state index contributed by atoms with van der Waals surface area (Å²) in [7, 11) is 0. The number of benzene rings is 1. The minimum Gasteiger partial charge on any atom is -0.0619 e. The maximum atomic E-state index is 3.58. The highest BCUT2D eigenvalue weighted by molar-refractivity contribution is 9.11. The highest BCUT2D eigenvalue weighted by Crippen LogP contribution is 2.33. The normalized spacial score (nSPS) is 20.5. The molecule has 1 aromatic rings. The van der Waals surface area contributed by atoms with E-state index in [1.807, 2.05) is 0 Å². The predicted octanol–water partition coefficient (Wildman–Crippen LogP) is 4.10. The third-order valence-electron chi connectivity index (χ3n) is 2.41. The topological polar surface area (TPSA) is 0 Å². The van der Waals surface area contributed by atoms with Crippen molar-refractivity contribution < 1.29 is 0 Å². The van der Waals surface area contributed by atoms with Gasteiger partial charge in [-0.25, -0.2) is 0 Å². The van der Waals surface area contributed by atoms with E-state index in [0.29, 0.717) is 5.92 Å². The third kappa shape index (κ3) is 1.61. The molecule has 1 unspecified atom stereocenters. The Morgan fingerprint density at radius 3 is 2.85 bits per heavy atom. The molecule has 0 heterocycles. The number of hydrogen-bond acceptors (Lipinski definition) is 0. The van der Waals surface area contributed by atoms with Gasteiger partial charge in [-0.1, -0.05) is 65.3 Å². The second-order valence-corrected chi connectivity index (χ2v) is 4.18. The molecule has 0 saturated heterocycles. The number of fused-ring (bicyclic) bond motifs is 1. The van der Waals surface area contributed by atoms with E-state index in [9.17, 15) is 0 Å². The fourth-order valence-corrected chi connectivity index (χ4v) is 1.99. The van der Waals surface area contributed by atoms with Crippen LogP contribution in [0.4, 0.5) is 0 Å². The van der Waals surface area contributed by atoms with Gasteiger partial charge in [0.25, 0.3) is 0 Å². The van der Waals surface area contributed by atoms with Crippen molar-refractivity contribution in [2.45, 2.75) is 12.8 Å². The molecule has 2 rings (SSSR count). The molecule has 0 saturated carbocycles. The minimum atomic E-state index is 0.464. The molecule has 0 aliphatic heterocycles. The van der Waals surface area contributed by atoms with E-state index in [-0.39, 0.29) is 0 Å². The Hall–Kier alpha value is -0.820. The zero-order chi connectivity index (χ0) is 9.26. The smallest absolute Gasteiger partial charge is 0.0133 e. The van der Waals surface area contributed by atoms with Gasteiger partial charge in [0.15, 0.2) is 0 Å². The van der Waals surface area contributed by atoms with Crippen LogP contribution in [0.5, 0.6) is 0 Å². The Labute approximate surface area is 87.1 Å². The van der Waals surface area contributed by atoms with Gasteiger partial charge in [0.05, 0.1) is 0 Å². The average molecular weight is 235 g/mol. The van der Waals surface area contributed by atoms with Crippen molar-refractivity contribution in [1.82, 2.24) is 0 Å². The first-order chi connectivity index (χ1) is 6.29. The highest BCUT2D eigenvalue weighted by atomic mass is 79.9. The lowest BCUT2D eigenvalue weighted by molar-refractivity contribution is 0.955. The highest BCUT2D eigenvalue weighted by Gasteiger charge is 2.12. The van der Waals surface area contributed by atoms with E-state index < -0.39 is 0 Å². The van der Waals surface area contributed by atoms with E-state index in [0.717, 1.165) is 0 Å². The van der Waals surface area contributed by atoms with E-state index in [2.05, 4.69) is 65.3 Å². The van der Waals surface area contributed by atoms with Gasteiger partial charge in [0.1, 0.15) is 0 Å². The predicted molar refractivity (Wildman–Crippen MR) is 60.9 cm³/mol. The lowest BCUT2D eigenvalue weighted by Gasteiger charge is -2.12. The molecule has 0 spiro atoms. The number of halogens is 1. The average Bonchev–Trinajstić information content (AvgIpc) is 2.29. The number of hydrogen-bond donors (Lipinski definition) is 0. The zero-order valence-corrected chi connectivity index (χ0v) is 9.08. The van der Waals surface area contributed by atoms with Crippen LogP contribution in [-0.4, -0.2) is 0 Å². The van der Waals surface area contributed by atoms with Gasteiger partial charge in [-0.2, -0.15) is 0 Å². The maximum Gasteiger partial charge on any atom is 0.0133 e. The fourth-order valence-electron chi connectivity index (χ4n) is 1.59. The molecule has 0 bridgehead atoms. The SMILES string of the molecule is CC1C(Br)=CC=Cc2ccccc21. The molecule has 1 aliphatic carbocycles. The van der Waals surface area contributed by atoms with Crippen LogP contribution in [0.25, 0.3) is 6.08 Å². The molecule has 1 atom stereocenters. The molecule has 66 valence electrons. The second-order valence-electron chi connectivity index (χ2n) is 3.26. The van der Waals surface area contributed by atoms with E-state index in [4.69, 9.17) is 0 Å². The molecule has 1 aliphatic rings. The largest absolute Gasteiger partial charge is 0.0619 e. The molecule has 0 radical (unpaired) electrons.